The molecule has 0 aromatic heterocycles. The van der Waals surface area contributed by atoms with E-state index >= 15 is 0 Å². The largest absolute Gasteiger partial charge is 0.314 e. The van der Waals surface area contributed by atoms with Crippen LogP contribution in [0.3, 0.4) is 0 Å². The maximum Gasteiger partial charge on any atom is 0.228 e. The minimum Gasteiger partial charge on any atom is -0.314 e. The Labute approximate surface area is 117 Å². The lowest BCUT2D eigenvalue weighted by atomic mass is 10.0. The summed E-state index contributed by atoms with van der Waals surface area (Å²) in [5, 5.41) is 3.32. The molecule has 1 saturated heterocycles. The fourth-order valence-electron chi connectivity index (χ4n) is 2.33. The smallest absolute Gasteiger partial charge is 0.228 e. The van der Waals surface area contributed by atoms with Crippen LogP contribution >= 0.6 is 15.9 Å². The fraction of sp³-hybridized carbons (Fsp3) is 0.500. The van der Waals surface area contributed by atoms with Crippen LogP contribution in [0.5, 0.6) is 0 Å². The van der Waals surface area contributed by atoms with E-state index in [9.17, 15) is 4.79 Å². The van der Waals surface area contributed by atoms with Gasteiger partial charge in [0.1, 0.15) is 0 Å². The molecule has 1 amide bonds. The van der Waals surface area contributed by atoms with E-state index in [1.807, 2.05) is 30.0 Å². The number of nitrogens with one attached hydrogen (secondary N) is 1. The van der Waals surface area contributed by atoms with E-state index in [1.54, 1.807) is 0 Å². The molecule has 0 aliphatic carbocycles. The van der Waals surface area contributed by atoms with Crippen LogP contribution < -0.4 is 10.2 Å². The van der Waals surface area contributed by atoms with Crippen LogP contribution in [0.15, 0.2) is 22.7 Å². The molecule has 0 bridgehead atoms. The highest BCUT2D eigenvalue weighted by Gasteiger charge is 2.33. The zero-order valence-electron chi connectivity index (χ0n) is 11.1. The molecular formula is C14H19BrN2O. The van der Waals surface area contributed by atoms with E-state index in [2.05, 4.69) is 35.1 Å². The molecule has 1 N–H and O–H groups in total. The van der Waals surface area contributed by atoms with Gasteiger partial charge in [-0.3, -0.25) is 4.79 Å². The number of hydrogen-bond donors (Lipinski definition) is 1. The summed E-state index contributed by atoms with van der Waals surface area (Å²) in [6, 6.07) is 6.09. The van der Waals surface area contributed by atoms with Crippen LogP contribution in [-0.4, -0.2) is 24.5 Å². The average Bonchev–Trinajstić information content (AvgIpc) is 2.41. The second-order valence-corrected chi connectivity index (χ2v) is 6.26. The van der Waals surface area contributed by atoms with Crippen LogP contribution in [0.4, 0.5) is 5.69 Å². The van der Waals surface area contributed by atoms with E-state index < -0.39 is 0 Å². The van der Waals surface area contributed by atoms with Gasteiger partial charge in [0.15, 0.2) is 0 Å². The summed E-state index contributed by atoms with van der Waals surface area (Å²) >= 11 is 3.54. The van der Waals surface area contributed by atoms with Gasteiger partial charge in [-0.25, -0.2) is 0 Å². The Bertz CT molecular complexity index is 471. The molecule has 1 aliphatic rings. The Morgan fingerprint density at radius 2 is 2.11 bits per heavy atom. The molecular weight excluding hydrogens is 292 g/mol. The zero-order chi connectivity index (χ0) is 13.3. The van der Waals surface area contributed by atoms with Crippen molar-refractivity contribution in [2.24, 2.45) is 0 Å². The lowest BCUT2D eigenvalue weighted by Gasteiger charge is -2.37. The third-order valence-corrected chi connectivity index (χ3v) is 4.20. The third-order valence-electron chi connectivity index (χ3n) is 3.34. The van der Waals surface area contributed by atoms with Crippen molar-refractivity contribution in [2.45, 2.75) is 32.7 Å². The summed E-state index contributed by atoms with van der Waals surface area (Å²) in [7, 11) is 0. The number of benzene rings is 1. The number of nitrogens with zero attached hydrogens (tertiary/aromatic N) is 1. The van der Waals surface area contributed by atoms with E-state index in [-0.39, 0.29) is 11.4 Å². The van der Waals surface area contributed by atoms with Gasteiger partial charge in [0, 0.05) is 29.7 Å². The first kappa shape index (κ1) is 13.6. The fourth-order valence-corrected chi connectivity index (χ4v) is 2.70. The second kappa shape index (κ2) is 5.02. The summed E-state index contributed by atoms with van der Waals surface area (Å²) < 4.78 is 1.04. The molecule has 0 spiro atoms. The molecule has 4 heteroatoms. The van der Waals surface area contributed by atoms with E-state index in [4.69, 9.17) is 0 Å². The number of rotatable bonds is 1. The van der Waals surface area contributed by atoms with Gasteiger partial charge >= 0.3 is 0 Å². The minimum absolute atomic E-state index is 0.181. The zero-order valence-corrected chi connectivity index (χ0v) is 12.7. The van der Waals surface area contributed by atoms with Gasteiger partial charge in [-0.1, -0.05) is 22.0 Å². The number of aryl methyl sites for hydroxylation is 1. The van der Waals surface area contributed by atoms with Gasteiger partial charge in [-0.05, 0) is 38.5 Å². The molecule has 0 radical (unpaired) electrons. The molecule has 0 atom stereocenters. The summed E-state index contributed by atoms with van der Waals surface area (Å²) in [6.45, 7) is 7.80. The van der Waals surface area contributed by atoms with Gasteiger partial charge in [0.2, 0.25) is 5.91 Å². The van der Waals surface area contributed by atoms with Crippen molar-refractivity contribution in [3.8, 4) is 0 Å². The Balaban J connectivity index is 2.43. The molecule has 1 heterocycles. The average molecular weight is 311 g/mol. The Kier molecular flexibility index (Phi) is 3.78. The van der Waals surface area contributed by atoms with Crippen molar-refractivity contribution in [1.82, 2.24) is 5.32 Å². The normalized spacial score (nSPS) is 19.8. The van der Waals surface area contributed by atoms with Gasteiger partial charge in [0.25, 0.3) is 0 Å². The van der Waals surface area contributed by atoms with Crippen LogP contribution in [-0.2, 0) is 4.79 Å². The Morgan fingerprint density at radius 1 is 1.39 bits per heavy atom. The highest BCUT2D eigenvalue weighted by molar-refractivity contribution is 9.10. The molecule has 98 valence electrons. The predicted molar refractivity (Wildman–Crippen MR) is 77.9 cm³/mol. The number of anilines is 1. The van der Waals surface area contributed by atoms with Crippen LogP contribution in [0.1, 0.15) is 25.8 Å². The number of halogens is 1. The Hall–Kier alpha value is -0.870. The number of carbonyl (C=O) groups is 1. The number of carbonyl (C=O) groups excluding carboxylic acids is 1. The van der Waals surface area contributed by atoms with E-state index in [0.717, 1.165) is 23.2 Å². The predicted octanol–water partition coefficient (Wildman–Crippen LogP) is 2.86. The van der Waals surface area contributed by atoms with Crippen LogP contribution in [0.25, 0.3) is 0 Å². The first-order valence-corrected chi connectivity index (χ1v) is 7.01. The number of hydrogen-bond acceptors (Lipinski definition) is 2. The highest BCUT2D eigenvalue weighted by atomic mass is 79.9. The SMILES string of the molecule is Cc1ccc(N2C(=O)CCNCC2(C)C)cc1Br. The molecule has 0 saturated carbocycles. The van der Waals surface area contributed by atoms with Crippen molar-refractivity contribution in [1.29, 1.82) is 0 Å². The summed E-state index contributed by atoms with van der Waals surface area (Å²) in [4.78, 5) is 14.2. The lowest BCUT2D eigenvalue weighted by molar-refractivity contribution is -0.119. The summed E-state index contributed by atoms with van der Waals surface area (Å²) in [5.41, 5.74) is 1.94. The van der Waals surface area contributed by atoms with E-state index in [0.29, 0.717) is 6.42 Å². The van der Waals surface area contributed by atoms with Crippen LogP contribution in [0, 0.1) is 6.92 Å². The van der Waals surface area contributed by atoms with Gasteiger partial charge in [-0.15, -0.1) is 0 Å². The topological polar surface area (TPSA) is 32.3 Å². The van der Waals surface area contributed by atoms with E-state index in [1.165, 1.54) is 5.56 Å². The number of amides is 1. The van der Waals surface area contributed by atoms with Gasteiger partial charge in [-0.2, -0.15) is 0 Å². The van der Waals surface area contributed by atoms with Crippen molar-refractivity contribution in [3.05, 3.63) is 28.2 Å². The van der Waals surface area contributed by atoms with Crippen molar-refractivity contribution >= 4 is 27.5 Å². The maximum absolute atomic E-state index is 12.3. The van der Waals surface area contributed by atoms with Crippen molar-refractivity contribution in [3.63, 3.8) is 0 Å². The minimum atomic E-state index is -0.206. The first-order valence-electron chi connectivity index (χ1n) is 6.22. The van der Waals surface area contributed by atoms with Crippen molar-refractivity contribution in [2.75, 3.05) is 18.0 Å². The molecule has 3 nitrogen and oxygen atoms in total. The molecule has 1 fully saturated rings. The third kappa shape index (κ3) is 2.59. The molecule has 2 rings (SSSR count). The second-order valence-electron chi connectivity index (χ2n) is 5.40. The quantitative estimate of drug-likeness (QED) is 0.865. The van der Waals surface area contributed by atoms with Crippen LogP contribution in [0.2, 0.25) is 0 Å². The highest BCUT2D eigenvalue weighted by Crippen LogP contribution is 2.30. The van der Waals surface area contributed by atoms with Crippen molar-refractivity contribution < 1.29 is 4.79 Å². The molecule has 18 heavy (non-hydrogen) atoms. The monoisotopic (exact) mass is 310 g/mol. The molecule has 1 aromatic rings. The van der Waals surface area contributed by atoms with Gasteiger partial charge in [0.05, 0.1) is 5.54 Å². The summed E-state index contributed by atoms with van der Waals surface area (Å²) in [6.07, 6.45) is 0.551. The molecule has 1 aliphatic heterocycles. The summed E-state index contributed by atoms with van der Waals surface area (Å²) in [5.74, 6) is 0.181. The lowest BCUT2D eigenvalue weighted by Crippen LogP contribution is -2.51. The maximum atomic E-state index is 12.3. The first-order chi connectivity index (χ1) is 8.42. The molecule has 1 aromatic carbocycles. The van der Waals surface area contributed by atoms with Gasteiger partial charge < -0.3 is 10.2 Å². The Morgan fingerprint density at radius 3 is 2.78 bits per heavy atom. The molecule has 0 unspecified atom stereocenters. The standard InChI is InChI=1S/C14H19BrN2O/c1-10-4-5-11(8-12(10)15)17-13(18)6-7-16-9-14(17,2)3/h4-5,8,16H,6-7,9H2,1-3H3.